The predicted octanol–water partition coefficient (Wildman–Crippen LogP) is 4.95. The molecule has 3 nitrogen and oxygen atoms in total. The molecule has 3 aromatic carbocycles. The third-order valence-corrected chi connectivity index (χ3v) is 5.51. The third kappa shape index (κ3) is 1.97. The van der Waals surface area contributed by atoms with E-state index in [2.05, 4.69) is 11.1 Å². The van der Waals surface area contributed by atoms with Crippen LogP contribution in [0.15, 0.2) is 79.0 Å². The van der Waals surface area contributed by atoms with E-state index in [0.29, 0.717) is 5.69 Å². The number of para-hydroxylation sites is 1. The number of H-pyrrole nitrogens is 1. The lowest BCUT2D eigenvalue weighted by molar-refractivity contribution is -0.592. The molecule has 0 atom stereocenters. The van der Waals surface area contributed by atoms with Gasteiger partial charge >= 0.3 is 0 Å². The number of carbonyl (C=O) groups is 1. The Morgan fingerprint density at radius 1 is 0.821 bits per heavy atom. The summed E-state index contributed by atoms with van der Waals surface area (Å²) in [5.41, 5.74) is 6.08. The van der Waals surface area contributed by atoms with Gasteiger partial charge < -0.3 is 4.98 Å². The highest BCUT2D eigenvalue weighted by atomic mass is 19.1. The minimum atomic E-state index is -0.248. The van der Waals surface area contributed by atoms with Crippen LogP contribution in [0.5, 0.6) is 0 Å². The van der Waals surface area contributed by atoms with Gasteiger partial charge in [-0.3, -0.25) is 4.79 Å². The fourth-order valence-electron chi connectivity index (χ4n) is 4.17. The second kappa shape index (κ2) is 5.36. The molecule has 0 amide bonds. The Labute approximate surface area is 159 Å². The molecular weight excluding hydrogens is 351 g/mol. The van der Waals surface area contributed by atoms with Gasteiger partial charge in [0.2, 0.25) is 5.69 Å². The number of fused-ring (bicyclic) bond motifs is 7. The second-order valence-electron chi connectivity index (χ2n) is 7.06. The minimum Gasteiger partial charge on any atom is -0.349 e. The molecule has 132 valence electrons. The lowest BCUT2D eigenvalue weighted by Gasteiger charge is -2.02. The molecule has 0 aliphatic carbocycles. The maximum atomic E-state index is 13.3. The smallest absolute Gasteiger partial charge is 0.284 e. The first-order valence-corrected chi connectivity index (χ1v) is 9.11. The monoisotopic (exact) mass is 365 g/mol. The molecule has 1 aliphatic rings. The van der Waals surface area contributed by atoms with Gasteiger partial charge in [0.1, 0.15) is 16.9 Å². The number of hydrogen-bond acceptors (Lipinski definition) is 1. The van der Waals surface area contributed by atoms with Crippen LogP contribution in [0, 0.1) is 5.82 Å². The van der Waals surface area contributed by atoms with Crippen molar-refractivity contribution < 1.29 is 13.8 Å². The number of halogens is 1. The largest absolute Gasteiger partial charge is 0.349 e. The van der Waals surface area contributed by atoms with Crippen LogP contribution in [-0.4, -0.2) is 10.8 Å². The van der Waals surface area contributed by atoms with Gasteiger partial charge in [-0.25, -0.2) is 4.39 Å². The summed E-state index contributed by atoms with van der Waals surface area (Å²) in [5, 5.41) is 2.05. The first-order valence-electron chi connectivity index (χ1n) is 9.11. The topological polar surface area (TPSA) is 36.7 Å². The molecule has 0 bridgehead atoms. The quantitative estimate of drug-likeness (QED) is 0.411. The van der Waals surface area contributed by atoms with Gasteiger partial charge in [-0.1, -0.05) is 30.3 Å². The van der Waals surface area contributed by atoms with E-state index in [9.17, 15) is 9.18 Å². The Bertz CT molecular complexity index is 1430. The average molecular weight is 365 g/mol. The number of rotatable bonds is 1. The summed E-state index contributed by atoms with van der Waals surface area (Å²) >= 11 is 0. The van der Waals surface area contributed by atoms with Gasteiger partial charge in [-0.15, -0.1) is 0 Å². The van der Waals surface area contributed by atoms with E-state index in [-0.39, 0.29) is 11.6 Å². The summed E-state index contributed by atoms with van der Waals surface area (Å²) in [4.78, 5) is 16.5. The van der Waals surface area contributed by atoms with Crippen molar-refractivity contribution in [3.05, 3.63) is 96.1 Å². The maximum Gasteiger partial charge on any atom is 0.284 e. The number of aromatic amines is 1. The normalized spacial score (nSPS) is 12.5. The standard InChI is InChI=1S/C24H13FN2O/c25-16-8-5-14(6-9-16)15-7-10-20-19(13-15)17-11-12-27-21-4-2-1-3-18(21)24(28)23(27)22(17)26-20/h1-13H/p+1. The van der Waals surface area contributed by atoms with Crippen LogP contribution < -0.4 is 4.57 Å². The van der Waals surface area contributed by atoms with Crippen molar-refractivity contribution in [3.63, 3.8) is 0 Å². The summed E-state index contributed by atoms with van der Waals surface area (Å²) in [6.07, 6.45) is 1.96. The zero-order valence-electron chi connectivity index (χ0n) is 14.7. The van der Waals surface area contributed by atoms with Crippen LogP contribution in [0.3, 0.4) is 0 Å². The van der Waals surface area contributed by atoms with Crippen LogP contribution in [0.1, 0.15) is 16.1 Å². The fourth-order valence-corrected chi connectivity index (χ4v) is 4.17. The number of aromatic nitrogens is 2. The van der Waals surface area contributed by atoms with E-state index < -0.39 is 0 Å². The van der Waals surface area contributed by atoms with Gasteiger partial charge in [0, 0.05) is 28.4 Å². The summed E-state index contributed by atoms with van der Waals surface area (Å²) in [6.45, 7) is 0. The van der Waals surface area contributed by atoms with E-state index in [1.165, 1.54) is 12.1 Å². The van der Waals surface area contributed by atoms with Crippen molar-refractivity contribution in [1.82, 2.24) is 4.98 Å². The molecule has 4 heteroatoms. The van der Waals surface area contributed by atoms with Crippen LogP contribution in [0.2, 0.25) is 0 Å². The van der Waals surface area contributed by atoms with Crippen molar-refractivity contribution >= 4 is 27.6 Å². The molecule has 1 aliphatic heterocycles. The van der Waals surface area contributed by atoms with Crippen molar-refractivity contribution in [2.75, 3.05) is 0 Å². The molecule has 0 radical (unpaired) electrons. The highest BCUT2D eigenvalue weighted by Gasteiger charge is 2.37. The Morgan fingerprint density at radius 2 is 1.61 bits per heavy atom. The van der Waals surface area contributed by atoms with E-state index in [1.807, 2.05) is 53.2 Å². The number of carbonyl (C=O) groups excluding carboxylic acids is 1. The van der Waals surface area contributed by atoms with E-state index in [0.717, 1.165) is 44.2 Å². The lowest BCUT2D eigenvalue weighted by Crippen LogP contribution is -2.31. The van der Waals surface area contributed by atoms with Crippen LogP contribution in [0.4, 0.5) is 4.39 Å². The molecule has 0 saturated carbocycles. The molecule has 5 aromatic rings. The van der Waals surface area contributed by atoms with Gasteiger partial charge in [0.15, 0.2) is 6.20 Å². The zero-order valence-corrected chi connectivity index (χ0v) is 14.7. The molecule has 0 spiro atoms. The fraction of sp³-hybridized carbons (Fsp3) is 0. The summed E-state index contributed by atoms with van der Waals surface area (Å²) in [5.74, 6) is -0.214. The lowest BCUT2D eigenvalue weighted by atomic mass is 10.0. The summed E-state index contributed by atoms with van der Waals surface area (Å²) in [7, 11) is 0. The van der Waals surface area contributed by atoms with Gasteiger partial charge in [-0.05, 0) is 41.5 Å². The first kappa shape index (κ1) is 15.3. The second-order valence-corrected chi connectivity index (χ2v) is 7.06. The first-order chi connectivity index (χ1) is 13.7. The Hall–Kier alpha value is -3.79. The van der Waals surface area contributed by atoms with Gasteiger partial charge in [0.05, 0.1) is 0 Å². The predicted molar refractivity (Wildman–Crippen MR) is 106 cm³/mol. The number of benzene rings is 3. The highest BCUT2D eigenvalue weighted by Crippen LogP contribution is 2.33. The van der Waals surface area contributed by atoms with Crippen molar-refractivity contribution in [2.24, 2.45) is 0 Å². The van der Waals surface area contributed by atoms with Crippen molar-refractivity contribution in [1.29, 1.82) is 0 Å². The summed E-state index contributed by atoms with van der Waals surface area (Å²) in [6, 6.07) is 22.3. The van der Waals surface area contributed by atoms with Crippen LogP contribution >= 0.6 is 0 Å². The van der Waals surface area contributed by atoms with Gasteiger partial charge in [0.25, 0.3) is 11.5 Å². The maximum absolute atomic E-state index is 13.3. The molecule has 28 heavy (non-hydrogen) atoms. The molecule has 0 fully saturated rings. The Balaban J connectivity index is 1.61. The van der Waals surface area contributed by atoms with Crippen molar-refractivity contribution in [3.8, 4) is 16.8 Å². The molecule has 1 N–H and O–H groups in total. The highest BCUT2D eigenvalue weighted by molar-refractivity contribution is 6.20. The van der Waals surface area contributed by atoms with E-state index in [4.69, 9.17) is 0 Å². The minimum absolute atomic E-state index is 0.0338. The molecule has 0 unspecified atom stereocenters. The molecule has 2 aromatic heterocycles. The average Bonchev–Trinajstić information content (AvgIpc) is 3.24. The molecule has 0 saturated heterocycles. The van der Waals surface area contributed by atoms with Crippen LogP contribution in [-0.2, 0) is 0 Å². The zero-order chi connectivity index (χ0) is 18.8. The number of hydrogen-bond donors (Lipinski definition) is 1. The number of nitrogens with zero attached hydrogens (tertiary/aromatic N) is 1. The molecular formula is C24H14FN2O+. The number of pyridine rings is 1. The Kier molecular flexibility index (Phi) is 2.93. The SMILES string of the molecule is O=C1c2ccccc2-[n+]2ccc3c([nH]c4ccc(-c5ccc(F)cc5)cc43)c21. The number of nitrogens with one attached hydrogen (secondary N) is 1. The van der Waals surface area contributed by atoms with Crippen molar-refractivity contribution in [2.45, 2.75) is 0 Å². The third-order valence-electron chi connectivity index (χ3n) is 5.51. The number of ketones is 1. The Morgan fingerprint density at radius 3 is 2.46 bits per heavy atom. The summed E-state index contributed by atoms with van der Waals surface area (Å²) < 4.78 is 15.2. The van der Waals surface area contributed by atoms with Crippen LogP contribution in [0.25, 0.3) is 38.6 Å². The van der Waals surface area contributed by atoms with E-state index >= 15 is 0 Å². The van der Waals surface area contributed by atoms with Gasteiger partial charge in [-0.2, -0.15) is 4.57 Å². The van der Waals surface area contributed by atoms with E-state index in [1.54, 1.807) is 12.1 Å². The molecule has 6 rings (SSSR count). The molecule has 3 heterocycles.